The summed E-state index contributed by atoms with van der Waals surface area (Å²) in [7, 11) is 0. The fraction of sp³-hybridized carbons (Fsp3) is 0.231. The van der Waals surface area contributed by atoms with E-state index in [4.69, 9.17) is 5.73 Å². The quantitative estimate of drug-likeness (QED) is 0.616. The number of anilines is 2. The predicted molar refractivity (Wildman–Crippen MR) is 72.1 cm³/mol. The Morgan fingerprint density at radius 1 is 1.28 bits per heavy atom. The first-order valence-electron chi connectivity index (χ1n) is 5.65. The van der Waals surface area contributed by atoms with E-state index in [0.717, 1.165) is 5.56 Å². The van der Waals surface area contributed by atoms with Gasteiger partial charge in [0.1, 0.15) is 5.25 Å². The average Bonchev–Trinajstić information content (AvgIpc) is 2.87. The second-order valence-corrected chi connectivity index (χ2v) is 5.52. The van der Waals surface area contributed by atoms with E-state index in [0.29, 0.717) is 11.4 Å². The van der Waals surface area contributed by atoms with Gasteiger partial charge in [-0.1, -0.05) is 6.08 Å². The molecule has 18 heavy (non-hydrogen) atoms. The zero-order valence-corrected chi connectivity index (χ0v) is 10.6. The standard InChI is InChI=1S/C13H12N2O2S/c1-7-6-8(14)2-3-10(7)15-12(16)9-4-5-18-11(9)13(15)17/h2-6,9,11H,14H2,1H3. The summed E-state index contributed by atoms with van der Waals surface area (Å²) in [6.45, 7) is 1.85. The van der Waals surface area contributed by atoms with Crippen LogP contribution in [-0.2, 0) is 9.59 Å². The van der Waals surface area contributed by atoms with Gasteiger partial charge in [0.25, 0.3) is 0 Å². The number of amides is 2. The number of hydrogen-bond donors (Lipinski definition) is 1. The van der Waals surface area contributed by atoms with Gasteiger partial charge in [0.05, 0.1) is 11.6 Å². The van der Waals surface area contributed by atoms with Gasteiger partial charge < -0.3 is 5.73 Å². The molecule has 2 atom stereocenters. The van der Waals surface area contributed by atoms with Gasteiger partial charge in [0, 0.05) is 5.69 Å². The summed E-state index contributed by atoms with van der Waals surface area (Å²) in [5, 5.41) is 1.55. The minimum atomic E-state index is -0.306. The molecule has 4 nitrogen and oxygen atoms in total. The first kappa shape index (κ1) is 11.3. The lowest BCUT2D eigenvalue weighted by Gasteiger charge is -2.17. The third-order valence-corrected chi connectivity index (χ3v) is 4.37. The molecule has 0 spiro atoms. The monoisotopic (exact) mass is 260 g/mol. The van der Waals surface area contributed by atoms with Crippen molar-refractivity contribution in [2.45, 2.75) is 12.2 Å². The van der Waals surface area contributed by atoms with Crippen LogP contribution in [0, 0.1) is 12.8 Å². The maximum atomic E-state index is 12.2. The molecule has 0 aromatic heterocycles. The van der Waals surface area contributed by atoms with Crippen molar-refractivity contribution in [3.05, 3.63) is 35.2 Å². The molecule has 92 valence electrons. The zero-order valence-electron chi connectivity index (χ0n) is 9.79. The second kappa shape index (κ2) is 3.88. The van der Waals surface area contributed by atoms with E-state index in [1.165, 1.54) is 16.7 Å². The molecule has 2 aliphatic heterocycles. The van der Waals surface area contributed by atoms with Crippen LogP contribution in [0.1, 0.15) is 5.56 Å². The predicted octanol–water partition coefficient (Wildman–Crippen LogP) is 1.70. The van der Waals surface area contributed by atoms with Crippen LogP contribution in [0.5, 0.6) is 0 Å². The van der Waals surface area contributed by atoms with E-state index in [1.54, 1.807) is 18.2 Å². The molecule has 0 radical (unpaired) electrons. The molecule has 1 fully saturated rings. The Morgan fingerprint density at radius 3 is 2.72 bits per heavy atom. The lowest BCUT2D eigenvalue weighted by Crippen LogP contribution is -2.32. The highest BCUT2D eigenvalue weighted by atomic mass is 32.2. The molecule has 2 N–H and O–H groups in total. The molecule has 1 aromatic carbocycles. The van der Waals surface area contributed by atoms with E-state index < -0.39 is 0 Å². The highest BCUT2D eigenvalue weighted by Crippen LogP contribution is 2.40. The minimum Gasteiger partial charge on any atom is -0.399 e. The van der Waals surface area contributed by atoms with Gasteiger partial charge in [-0.3, -0.25) is 9.59 Å². The number of hydrogen-bond acceptors (Lipinski definition) is 4. The number of carbonyl (C=O) groups is 2. The summed E-state index contributed by atoms with van der Waals surface area (Å²) in [5.41, 5.74) is 7.79. The van der Waals surface area contributed by atoms with Gasteiger partial charge in [0.15, 0.2) is 0 Å². The zero-order chi connectivity index (χ0) is 12.9. The van der Waals surface area contributed by atoms with Crippen LogP contribution in [-0.4, -0.2) is 17.1 Å². The van der Waals surface area contributed by atoms with Gasteiger partial charge >= 0.3 is 0 Å². The van der Waals surface area contributed by atoms with E-state index in [1.807, 2.05) is 18.4 Å². The number of carbonyl (C=O) groups excluding carboxylic acids is 2. The molecule has 1 aromatic rings. The van der Waals surface area contributed by atoms with Gasteiger partial charge in [-0.25, -0.2) is 4.90 Å². The topological polar surface area (TPSA) is 63.4 Å². The van der Waals surface area contributed by atoms with Crippen LogP contribution in [0.4, 0.5) is 11.4 Å². The van der Waals surface area contributed by atoms with Gasteiger partial charge in [-0.15, -0.1) is 11.8 Å². The summed E-state index contributed by atoms with van der Waals surface area (Å²) in [6.07, 6.45) is 1.81. The third kappa shape index (κ3) is 1.47. The van der Waals surface area contributed by atoms with Gasteiger partial charge in [-0.05, 0) is 36.1 Å². The minimum absolute atomic E-state index is 0.132. The van der Waals surface area contributed by atoms with Crippen molar-refractivity contribution in [1.29, 1.82) is 0 Å². The molecule has 3 rings (SSSR count). The lowest BCUT2D eigenvalue weighted by molar-refractivity contribution is -0.121. The van der Waals surface area contributed by atoms with E-state index in [9.17, 15) is 9.59 Å². The van der Waals surface area contributed by atoms with Crippen LogP contribution in [0.15, 0.2) is 29.7 Å². The molecular formula is C13H12N2O2S. The molecule has 2 heterocycles. The van der Waals surface area contributed by atoms with Crippen LogP contribution in [0.2, 0.25) is 0 Å². The van der Waals surface area contributed by atoms with Gasteiger partial charge in [-0.2, -0.15) is 0 Å². The maximum absolute atomic E-state index is 12.2. The number of fused-ring (bicyclic) bond motifs is 1. The van der Waals surface area contributed by atoms with Crippen molar-refractivity contribution >= 4 is 35.0 Å². The van der Waals surface area contributed by atoms with Crippen LogP contribution >= 0.6 is 11.8 Å². The Labute approximate surface area is 109 Å². The molecule has 5 heteroatoms. The molecule has 1 saturated heterocycles. The fourth-order valence-corrected chi connectivity index (χ4v) is 3.40. The number of nitrogens with zero attached hydrogens (tertiary/aromatic N) is 1. The van der Waals surface area contributed by atoms with Crippen LogP contribution < -0.4 is 10.6 Å². The number of rotatable bonds is 1. The maximum Gasteiger partial charge on any atom is 0.248 e. The SMILES string of the molecule is Cc1cc(N)ccc1N1C(=O)C2C=CSC2C1=O. The average molecular weight is 260 g/mol. The van der Waals surface area contributed by atoms with Crippen molar-refractivity contribution in [3.8, 4) is 0 Å². The van der Waals surface area contributed by atoms with Crippen LogP contribution in [0.3, 0.4) is 0 Å². The van der Waals surface area contributed by atoms with Crippen LogP contribution in [0.25, 0.3) is 0 Å². The summed E-state index contributed by atoms with van der Waals surface area (Å²) in [6, 6.07) is 5.21. The number of benzene rings is 1. The molecule has 2 unspecified atom stereocenters. The van der Waals surface area contributed by atoms with Crippen molar-refractivity contribution < 1.29 is 9.59 Å². The summed E-state index contributed by atoms with van der Waals surface area (Å²) in [5.74, 6) is -0.577. The number of nitrogens with two attached hydrogens (primary N) is 1. The molecular weight excluding hydrogens is 248 g/mol. The van der Waals surface area contributed by atoms with E-state index in [-0.39, 0.29) is 23.0 Å². The highest BCUT2D eigenvalue weighted by Gasteiger charge is 2.49. The van der Waals surface area contributed by atoms with E-state index >= 15 is 0 Å². The number of aryl methyl sites for hydroxylation is 1. The number of imide groups is 1. The molecule has 0 bridgehead atoms. The van der Waals surface area contributed by atoms with Crippen molar-refractivity contribution in [2.24, 2.45) is 5.92 Å². The Morgan fingerprint density at radius 2 is 2.06 bits per heavy atom. The van der Waals surface area contributed by atoms with Crippen molar-refractivity contribution in [1.82, 2.24) is 0 Å². The second-order valence-electron chi connectivity index (χ2n) is 4.47. The Bertz CT molecular complexity index is 582. The fourth-order valence-electron chi connectivity index (χ4n) is 2.38. The first-order valence-corrected chi connectivity index (χ1v) is 6.60. The Balaban J connectivity index is 2.04. The summed E-state index contributed by atoms with van der Waals surface area (Å²) in [4.78, 5) is 25.8. The van der Waals surface area contributed by atoms with Gasteiger partial charge in [0.2, 0.25) is 11.8 Å². The van der Waals surface area contributed by atoms with Crippen molar-refractivity contribution in [2.75, 3.05) is 10.6 Å². The number of nitrogen functional groups attached to an aromatic ring is 1. The molecule has 0 aliphatic carbocycles. The molecule has 2 aliphatic rings. The molecule has 0 saturated carbocycles. The lowest BCUT2D eigenvalue weighted by atomic mass is 10.1. The highest BCUT2D eigenvalue weighted by molar-refractivity contribution is 8.03. The summed E-state index contributed by atoms with van der Waals surface area (Å²) >= 11 is 1.41. The Hall–Kier alpha value is -1.75. The normalized spacial score (nSPS) is 25.9. The largest absolute Gasteiger partial charge is 0.399 e. The molecule has 2 amide bonds. The summed E-state index contributed by atoms with van der Waals surface area (Å²) < 4.78 is 0. The smallest absolute Gasteiger partial charge is 0.248 e. The number of thioether (sulfide) groups is 1. The van der Waals surface area contributed by atoms with Crippen molar-refractivity contribution in [3.63, 3.8) is 0 Å². The first-order chi connectivity index (χ1) is 8.59. The van der Waals surface area contributed by atoms with E-state index in [2.05, 4.69) is 0 Å². The Kier molecular flexibility index (Phi) is 2.45. The third-order valence-electron chi connectivity index (χ3n) is 3.27.